The van der Waals surface area contributed by atoms with Crippen LogP contribution < -0.4 is 10.5 Å². The van der Waals surface area contributed by atoms with Crippen molar-refractivity contribution in [1.29, 1.82) is 0 Å². The van der Waals surface area contributed by atoms with Crippen molar-refractivity contribution >= 4 is 0 Å². The van der Waals surface area contributed by atoms with Crippen LogP contribution in [-0.4, -0.2) is 16.4 Å². The molecule has 0 spiro atoms. The van der Waals surface area contributed by atoms with Gasteiger partial charge in [0, 0.05) is 24.4 Å². The molecule has 0 fully saturated rings. The molecule has 0 saturated heterocycles. The highest BCUT2D eigenvalue weighted by Gasteiger charge is 2.14. The summed E-state index contributed by atoms with van der Waals surface area (Å²) < 4.78 is 7.33. The monoisotopic (exact) mass is 231 g/mol. The average Bonchev–Trinajstić information content (AvgIpc) is 2.76. The third-order valence-electron chi connectivity index (χ3n) is 2.64. The molecule has 2 N–H and O–H groups in total. The molecular weight excluding hydrogens is 214 g/mol. The molecule has 0 aliphatic rings. The summed E-state index contributed by atoms with van der Waals surface area (Å²) in [4.78, 5) is 0. The molecule has 1 heterocycles. The predicted octanol–water partition coefficient (Wildman–Crippen LogP) is 1.87. The zero-order valence-electron chi connectivity index (χ0n) is 10.1. The minimum atomic E-state index is -0.202. The Morgan fingerprint density at radius 2 is 2.18 bits per heavy atom. The number of ether oxygens (including phenoxy) is 1. The zero-order chi connectivity index (χ0) is 12.3. The van der Waals surface area contributed by atoms with Crippen molar-refractivity contribution in [3.63, 3.8) is 0 Å². The first-order valence-electron chi connectivity index (χ1n) is 5.68. The highest BCUT2D eigenvalue weighted by Crippen LogP contribution is 2.27. The van der Waals surface area contributed by atoms with Gasteiger partial charge in [-0.1, -0.05) is 18.2 Å². The first-order chi connectivity index (χ1) is 8.22. The van der Waals surface area contributed by atoms with Gasteiger partial charge in [-0.2, -0.15) is 5.10 Å². The summed E-state index contributed by atoms with van der Waals surface area (Å²) in [5.41, 5.74) is 8.20. The fraction of sp³-hybridized carbons (Fsp3) is 0.308. The molecule has 1 unspecified atom stereocenters. The minimum absolute atomic E-state index is 0.202. The van der Waals surface area contributed by atoms with Crippen molar-refractivity contribution in [2.45, 2.75) is 13.0 Å². The van der Waals surface area contributed by atoms with Crippen LogP contribution in [-0.2, 0) is 7.05 Å². The van der Waals surface area contributed by atoms with Gasteiger partial charge in [-0.3, -0.25) is 4.68 Å². The number of benzene rings is 1. The topological polar surface area (TPSA) is 53.1 Å². The predicted molar refractivity (Wildman–Crippen MR) is 66.8 cm³/mol. The van der Waals surface area contributed by atoms with Gasteiger partial charge in [-0.25, -0.2) is 0 Å². The molecule has 0 aliphatic carbocycles. The van der Waals surface area contributed by atoms with Gasteiger partial charge in [-0.05, 0) is 13.0 Å². The van der Waals surface area contributed by atoms with E-state index in [2.05, 4.69) is 5.10 Å². The Morgan fingerprint density at radius 1 is 1.41 bits per heavy atom. The van der Waals surface area contributed by atoms with E-state index in [0.717, 1.165) is 16.9 Å². The van der Waals surface area contributed by atoms with Crippen LogP contribution in [0.2, 0.25) is 0 Å². The quantitative estimate of drug-likeness (QED) is 0.874. The molecule has 0 aliphatic heterocycles. The lowest BCUT2D eigenvalue weighted by molar-refractivity contribution is 0.335. The van der Waals surface area contributed by atoms with E-state index in [1.54, 1.807) is 10.9 Å². The molecule has 1 aromatic carbocycles. The number of nitrogens with zero attached hydrogens (tertiary/aromatic N) is 2. The van der Waals surface area contributed by atoms with Crippen molar-refractivity contribution in [3.05, 3.63) is 47.8 Å². The van der Waals surface area contributed by atoms with Crippen molar-refractivity contribution < 1.29 is 4.74 Å². The van der Waals surface area contributed by atoms with Crippen LogP contribution in [0, 0.1) is 0 Å². The average molecular weight is 231 g/mol. The lowest BCUT2D eigenvalue weighted by atomic mass is 10.0. The van der Waals surface area contributed by atoms with Crippen LogP contribution in [0.4, 0.5) is 0 Å². The second kappa shape index (κ2) is 5.01. The molecule has 0 amide bonds. The van der Waals surface area contributed by atoms with Crippen molar-refractivity contribution in [2.24, 2.45) is 12.8 Å². The minimum Gasteiger partial charge on any atom is -0.494 e. The van der Waals surface area contributed by atoms with Crippen LogP contribution in [0.3, 0.4) is 0 Å². The van der Waals surface area contributed by atoms with Gasteiger partial charge in [0.15, 0.2) is 0 Å². The second-order valence-corrected chi connectivity index (χ2v) is 3.90. The number of para-hydroxylation sites is 1. The fourth-order valence-corrected chi connectivity index (χ4v) is 1.80. The number of hydrogen-bond acceptors (Lipinski definition) is 3. The molecule has 1 aromatic heterocycles. The van der Waals surface area contributed by atoms with Crippen molar-refractivity contribution in [2.75, 3.05) is 6.61 Å². The van der Waals surface area contributed by atoms with Crippen molar-refractivity contribution in [3.8, 4) is 5.75 Å². The molecule has 4 heteroatoms. The van der Waals surface area contributed by atoms with Gasteiger partial charge in [0.2, 0.25) is 0 Å². The van der Waals surface area contributed by atoms with Gasteiger partial charge in [0.05, 0.1) is 18.8 Å². The normalized spacial score (nSPS) is 12.4. The molecule has 0 radical (unpaired) electrons. The third-order valence-corrected chi connectivity index (χ3v) is 2.64. The van der Waals surface area contributed by atoms with E-state index in [-0.39, 0.29) is 6.04 Å². The lowest BCUT2D eigenvalue weighted by Gasteiger charge is -2.15. The van der Waals surface area contributed by atoms with Crippen LogP contribution in [0.25, 0.3) is 0 Å². The number of aromatic nitrogens is 2. The number of aryl methyl sites for hydroxylation is 1. The molecule has 90 valence electrons. The van der Waals surface area contributed by atoms with Gasteiger partial charge in [-0.15, -0.1) is 0 Å². The number of hydrogen-bond donors (Lipinski definition) is 1. The van der Waals surface area contributed by atoms with E-state index in [9.17, 15) is 0 Å². The molecule has 1 atom stereocenters. The number of rotatable bonds is 4. The summed E-state index contributed by atoms with van der Waals surface area (Å²) in [5.74, 6) is 0.839. The summed E-state index contributed by atoms with van der Waals surface area (Å²) in [6, 6.07) is 7.64. The van der Waals surface area contributed by atoms with Gasteiger partial charge >= 0.3 is 0 Å². The molecule has 2 rings (SSSR count). The smallest absolute Gasteiger partial charge is 0.124 e. The fourth-order valence-electron chi connectivity index (χ4n) is 1.80. The van der Waals surface area contributed by atoms with Gasteiger partial charge in [0.1, 0.15) is 5.75 Å². The SMILES string of the molecule is CCOc1ccccc1C(N)c1cnn(C)c1. The summed E-state index contributed by atoms with van der Waals surface area (Å²) in [6.07, 6.45) is 3.71. The van der Waals surface area contributed by atoms with Crippen LogP contribution in [0.1, 0.15) is 24.1 Å². The van der Waals surface area contributed by atoms with E-state index in [1.807, 2.05) is 44.4 Å². The first kappa shape index (κ1) is 11.7. The molecule has 0 bridgehead atoms. The first-order valence-corrected chi connectivity index (χ1v) is 5.68. The van der Waals surface area contributed by atoms with Crippen LogP contribution >= 0.6 is 0 Å². The van der Waals surface area contributed by atoms with E-state index in [0.29, 0.717) is 6.61 Å². The largest absolute Gasteiger partial charge is 0.494 e. The van der Waals surface area contributed by atoms with Crippen LogP contribution in [0.5, 0.6) is 5.75 Å². The standard InChI is InChI=1S/C13H17N3O/c1-3-17-12-7-5-4-6-11(12)13(14)10-8-15-16(2)9-10/h4-9,13H,3,14H2,1-2H3. The summed E-state index contributed by atoms with van der Waals surface area (Å²) in [7, 11) is 1.88. The summed E-state index contributed by atoms with van der Waals surface area (Å²) >= 11 is 0. The van der Waals surface area contributed by atoms with Crippen LogP contribution in [0.15, 0.2) is 36.7 Å². The second-order valence-electron chi connectivity index (χ2n) is 3.90. The molecular formula is C13H17N3O. The Balaban J connectivity index is 2.33. The lowest BCUT2D eigenvalue weighted by Crippen LogP contribution is -2.12. The Bertz CT molecular complexity index is 493. The zero-order valence-corrected chi connectivity index (χ0v) is 10.1. The molecule has 2 aromatic rings. The van der Waals surface area contributed by atoms with E-state index in [4.69, 9.17) is 10.5 Å². The summed E-state index contributed by atoms with van der Waals surface area (Å²) in [6.45, 7) is 2.60. The molecule has 17 heavy (non-hydrogen) atoms. The Hall–Kier alpha value is -1.81. The molecule has 0 saturated carbocycles. The van der Waals surface area contributed by atoms with E-state index < -0.39 is 0 Å². The Morgan fingerprint density at radius 3 is 2.82 bits per heavy atom. The maximum Gasteiger partial charge on any atom is 0.124 e. The maximum absolute atomic E-state index is 6.23. The van der Waals surface area contributed by atoms with Crippen molar-refractivity contribution in [1.82, 2.24) is 9.78 Å². The maximum atomic E-state index is 6.23. The number of nitrogens with two attached hydrogens (primary N) is 1. The van der Waals surface area contributed by atoms with E-state index in [1.165, 1.54) is 0 Å². The Labute approximate surface area is 101 Å². The highest BCUT2D eigenvalue weighted by atomic mass is 16.5. The van der Waals surface area contributed by atoms with E-state index >= 15 is 0 Å². The highest BCUT2D eigenvalue weighted by molar-refractivity contribution is 5.40. The third kappa shape index (κ3) is 2.47. The molecule has 4 nitrogen and oxygen atoms in total. The Kier molecular flexibility index (Phi) is 3.44. The summed E-state index contributed by atoms with van der Waals surface area (Å²) in [5, 5.41) is 4.13. The van der Waals surface area contributed by atoms with Gasteiger partial charge in [0.25, 0.3) is 0 Å². The van der Waals surface area contributed by atoms with Gasteiger partial charge < -0.3 is 10.5 Å².